The van der Waals surface area contributed by atoms with Crippen molar-refractivity contribution >= 4 is 11.6 Å². The molecule has 0 fully saturated rings. The van der Waals surface area contributed by atoms with Crippen molar-refractivity contribution in [2.75, 3.05) is 26.1 Å². The summed E-state index contributed by atoms with van der Waals surface area (Å²) in [4.78, 5) is 12.3. The van der Waals surface area contributed by atoms with Gasteiger partial charge in [-0.2, -0.15) is 0 Å². The van der Waals surface area contributed by atoms with Crippen LogP contribution in [0, 0.1) is 0 Å². The predicted molar refractivity (Wildman–Crippen MR) is 96.8 cm³/mol. The third-order valence-corrected chi connectivity index (χ3v) is 4.30. The Morgan fingerprint density at radius 3 is 2.75 bits per heavy atom. The van der Waals surface area contributed by atoms with Gasteiger partial charge < -0.3 is 20.1 Å². The summed E-state index contributed by atoms with van der Waals surface area (Å²) in [7, 11) is 3.21. The standard InChI is InChI=1S/C19H28N2O3/c1-14(19(22)20-12-11-15-7-5-4-6-8-15)21-17-10-9-16(23-2)13-18(17)24-3/h7,9-10,13-14,21H,4-6,8,11-12H2,1-3H3,(H,20,22). The van der Waals surface area contributed by atoms with Crippen LogP contribution in [-0.4, -0.2) is 32.7 Å². The molecule has 0 bridgehead atoms. The Hall–Kier alpha value is -2.17. The number of carbonyl (C=O) groups is 1. The van der Waals surface area contributed by atoms with Gasteiger partial charge in [0.2, 0.25) is 5.91 Å². The number of carbonyl (C=O) groups excluding carboxylic acids is 1. The first-order valence-electron chi connectivity index (χ1n) is 8.58. The highest BCUT2D eigenvalue weighted by atomic mass is 16.5. The van der Waals surface area contributed by atoms with Crippen LogP contribution in [0.15, 0.2) is 29.8 Å². The van der Waals surface area contributed by atoms with Gasteiger partial charge in [-0.1, -0.05) is 11.6 Å². The van der Waals surface area contributed by atoms with E-state index in [1.807, 2.05) is 19.1 Å². The summed E-state index contributed by atoms with van der Waals surface area (Å²) in [6.45, 7) is 2.54. The maximum atomic E-state index is 12.3. The van der Waals surface area contributed by atoms with Crippen molar-refractivity contribution in [3.63, 3.8) is 0 Å². The topological polar surface area (TPSA) is 59.6 Å². The zero-order chi connectivity index (χ0) is 17.4. The Labute approximate surface area is 144 Å². The molecule has 0 aromatic heterocycles. The Bertz CT molecular complexity index is 584. The van der Waals surface area contributed by atoms with E-state index in [2.05, 4.69) is 16.7 Å². The summed E-state index contributed by atoms with van der Waals surface area (Å²) < 4.78 is 10.5. The molecule has 1 aromatic rings. The van der Waals surface area contributed by atoms with E-state index < -0.39 is 0 Å². The Kier molecular flexibility index (Phi) is 6.97. The number of methoxy groups -OCH3 is 2. The average Bonchev–Trinajstić information content (AvgIpc) is 2.62. The zero-order valence-electron chi connectivity index (χ0n) is 14.9. The van der Waals surface area contributed by atoms with Crippen molar-refractivity contribution in [3.05, 3.63) is 29.8 Å². The summed E-state index contributed by atoms with van der Waals surface area (Å²) in [5, 5.41) is 6.20. The van der Waals surface area contributed by atoms with Gasteiger partial charge in [-0.15, -0.1) is 0 Å². The first kappa shape index (κ1) is 18.2. The largest absolute Gasteiger partial charge is 0.497 e. The Balaban J connectivity index is 1.83. The van der Waals surface area contributed by atoms with Crippen molar-refractivity contribution in [2.45, 2.75) is 45.1 Å². The van der Waals surface area contributed by atoms with Crippen molar-refractivity contribution < 1.29 is 14.3 Å². The van der Waals surface area contributed by atoms with Crippen molar-refractivity contribution in [2.24, 2.45) is 0 Å². The van der Waals surface area contributed by atoms with Crippen LogP contribution >= 0.6 is 0 Å². The van der Waals surface area contributed by atoms with Crippen LogP contribution in [0.1, 0.15) is 39.0 Å². The lowest BCUT2D eigenvalue weighted by Gasteiger charge is -2.18. The maximum absolute atomic E-state index is 12.3. The van der Waals surface area contributed by atoms with Gasteiger partial charge in [-0.3, -0.25) is 4.79 Å². The van der Waals surface area contributed by atoms with E-state index >= 15 is 0 Å². The molecule has 2 rings (SSSR count). The molecule has 1 atom stereocenters. The number of hydrogen-bond donors (Lipinski definition) is 2. The number of benzene rings is 1. The fourth-order valence-corrected chi connectivity index (χ4v) is 2.85. The molecule has 0 radical (unpaired) electrons. The van der Waals surface area contributed by atoms with Crippen LogP contribution in [0.2, 0.25) is 0 Å². The summed E-state index contributed by atoms with van der Waals surface area (Å²) in [6, 6.07) is 5.15. The zero-order valence-corrected chi connectivity index (χ0v) is 14.9. The molecule has 0 saturated heterocycles. The molecule has 24 heavy (non-hydrogen) atoms. The van der Waals surface area contributed by atoms with Gasteiger partial charge in [-0.25, -0.2) is 0 Å². The number of rotatable bonds is 8. The fraction of sp³-hybridized carbons (Fsp3) is 0.526. The molecule has 1 aliphatic rings. The molecule has 0 spiro atoms. The second-order valence-corrected chi connectivity index (χ2v) is 6.08. The van der Waals surface area contributed by atoms with Crippen LogP contribution in [0.3, 0.4) is 0 Å². The molecule has 1 aliphatic carbocycles. The van der Waals surface area contributed by atoms with Crippen molar-refractivity contribution in [1.82, 2.24) is 5.32 Å². The van der Waals surface area contributed by atoms with E-state index in [0.717, 1.165) is 17.9 Å². The van der Waals surface area contributed by atoms with Gasteiger partial charge in [0.15, 0.2) is 0 Å². The van der Waals surface area contributed by atoms with E-state index in [1.165, 1.54) is 31.3 Å². The molecule has 1 amide bonds. The Morgan fingerprint density at radius 1 is 1.25 bits per heavy atom. The third kappa shape index (κ3) is 5.18. The number of amides is 1. The number of ether oxygens (including phenoxy) is 2. The molecular formula is C19H28N2O3. The minimum absolute atomic E-state index is 0.00993. The normalized spacial score (nSPS) is 15.2. The van der Waals surface area contributed by atoms with Crippen LogP contribution in [-0.2, 0) is 4.79 Å². The fourth-order valence-electron chi connectivity index (χ4n) is 2.85. The Morgan fingerprint density at radius 2 is 2.08 bits per heavy atom. The second kappa shape index (κ2) is 9.21. The summed E-state index contributed by atoms with van der Waals surface area (Å²) in [6.07, 6.45) is 8.19. The van der Waals surface area contributed by atoms with E-state index in [4.69, 9.17) is 9.47 Å². The number of allylic oxidation sites excluding steroid dienone is 1. The van der Waals surface area contributed by atoms with Crippen molar-refractivity contribution in [1.29, 1.82) is 0 Å². The van der Waals surface area contributed by atoms with Crippen LogP contribution in [0.5, 0.6) is 11.5 Å². The second-order valence-electron chi connectivity index (χ2n) is 6.08. The van der Waals surface area contributed by atoms with Gasteiger partial charge in [0.05, 0.1) is 19.9 Å². The average molecular weight is 332 g/mol. The quantitative estimate of drug-likeness (QED) is 0.715. The molecule has 5 nitrogen and oxygen atoms in total. The van der Waals surface area contributed by atoms with Gasteiger partial charge in [0.1, 0.15) is 17.5 Å². The molecule has 1 unspecified atom stereocenters. The van der Waals surface area contributed by atoms with Crippen molar-refractivity contribution in [3.8, 4) is 11.5 Å². The molecule has 0 heterocycles. The highest BCUT2D eigenvalue weighted by molar-refractivity contribution is 5.84. The van der Waals surface area contributed by atoms with Gasteiger partial charge >= 0.3 is 0 Å². The molecule has 132 valence electrons. The predicted octanol–water partition coefficient (Wildman–Crippen LogP) is 3.51. The molecule has 0 aliphatic heterocycles. The lowest BCUT2D eigenvalue weighted by molar-refractivity contribution is -0.121. The van der Waals surface area contributed by atoms with Gasteiger partial charge in [-0.05, 0) is 51.2 Å². The van der Waals surface area contributed by atoms with E-state index in [0.29, 0.717) is 12.3 Å². The van der Waals surface area contributed by atoms with E-state index in [9.17, 15) is 4.79 Å². The monoisotopic (exact) mass is 332 g/mol. The summed E-state index contributed by atoms with van der Waals surface area (Å²) in [5.41, 5.74) is 2.25. The SMILES string of the molecule is COc1ccc(NC(C)C(=O)NCCC2=CCCCC2)c(OC)c1. The minimum Gasteiger partial charge on any atom is -0.497 e. The lowest BCUT2D eigenvalue weighted by atomic mass is 9.97. The highest BCUT2D eigenvalue weighted by Gasteiger charge is 2.15. The first-order chi connectivity index (χ1) is 11.6. The molecular weight excluding hydrogens is 304 g/mol. The third-order valence-electron chi connectivity index (χ3n) is 4.30. The summed E-state index contributed by atoms with van der Waals surface area (Å²) >= 11 is 0. The molecule has 1 aromatic carbocycles. The summed E-state index contributed by atoms with van der Waals surface area (Å²) in [5.74, 6) is 1.36. The van der Waals surface area contributed by atoms with Crippen LogP contribution in [0.25, 0.3) is 0 Å². The molecule has 0 saturated carbocycles. The molecule has 2 N–H and O–H groups in total. The number of anilines is 1. The number of nitrogens with one attached hydrogen (secondary N) is 2. The smallest absolute Gasteiger partial charge is 0.242 e. The lowest BCUT2D eigenvalue weighted by Crippen LogP contribution is -2.38. The first-order valence-corrected chi connectivity index (χ1v) is 8.58. The molecule has 5 heteroatoms. The maximum Gasteiger partial charge on any atom is 0.242 e. The van der Waals surface area contributed by atoms with Gasteiger partial charge in [0, 0.05) is 12.6 Å². The van der Waals surface area contributed by atoms with E-state index in [-0.39, 0.29) is 11.9 Å². The highest BCUT2D eigenvalue weighted by Crippen LogP contribution is 2.29. The number of hydrogen-bond acceptors (Lipinski definition) is 4. The van der Waals surface area contributed by atoms with E-state index in [1.54, 1.807) is 20.3 Å². The minimum atomic E-state index is -0.340. The van der Waals surface area contributed by atoms with Crippen LogP contribution < -0.4 is 20.1 Å². The van der Waals surface area contributed by atoms with Gasteiger partial charge in [0.25, 0.3) is 0 Å². The van der Waals surface area contributed by atoms with Crippen LogP contribution in [0.4, 0.5) is 5.69 Å².